The molecule has 0 saturated heterocycles. The molecule has 120 valence electrons. The Hall–Kier alpha value is -0.900. The van der Waals surface area contributed by atoms with Crippen LogP contribution in [0.5, 0.6) is 0 Å². The van der Waals surface area contributed by atoms with Crippen molar-refractivity contribution in [1.29, 1.82) is 0 Å². The second-order valence-electron chi connectivity index (χ2n) is 6.11. The average Bonchev–Trinajstić information content (AvgIpc) is 2.47. The van der Waals surface area contributed by atoms with Gasteiger partial charge in [0.2, 0.25) is 0 Å². The second-order valence-corrected chi connectivity index (χ2v) is 6.11. The summed E-state index contributed by atoms with van der Waals surface area (Å²) in [5.74, 6) is 0.674. The molecule has 0 fully saturated rings. The van der Waals surface area contributed by atoms with Crippen molar-refractivity contribution < 1.29 is 4.74 Å². The predicted octanol–water partition coefficient (Wildman–Crippen LogP) is 3.33. The fourth-order valence-corrected chi connectivity index (χ4v) is 2.79. The highest BCUT2D eigenvalue weighted by molar-refractivity contribution is 5.19. The molecule has 2 atom stereocenters. The van der Waals surface area contributed by atoms with E-state index in [1.807, 2.05) is 0 Å². The Morgan fingerprint density at radius 1 is 1.10 bits per heavy atom. The van der Waals surface area contributed by atoms with E-state index in [2.05, 4.69) is 68.2 Å². The van der Waals surface area contributed by atoms with E-state index in [4.69, 9.17) is 4.74 Å². The molecule has 0 heterocycles. The van der Waals surface area contributed by atoms with Crippen LogP contribution in [0.15, 0.2) is 30.3 Å². The van der Waals surface area contributed by atoms with Gasteiger partial charge in [0.25, 0.3) is 0 Å². The number of nitrogens with one attached hydrogen (secondary N) is 1. The number of hydrogen-bond acceptors (Lipinski definition) is 3. The summed E-state index contributed by atoms with van der Waals surface area (Å²) in [5.41, 5.74) is 1.37. The van der Waals surface area contributed by atoms with E-state index in [1.165, 1.54) is 5.56 Å². The molecular formula is C18H32N2O. The first-order chi connectivity index (χ1) is 10.1. The van der Waals surface area contributed by atoms with Crippen LogP contribution in [0, 0.1) is 5.92 Å². The first kappa shape index (κ1) is 18.1. The molecule has 0 spiro atoms. The zero-order valence-electron chi connectivity index (χ0n) is 14.3. The van der Waals surface area contributed by atoms with Crippen LogP contribution in [0.25, 0.3) is 0 Å². The first-order valence-corrected chi connectivity index (χ1v) is 8.10. The van der Waals surface area contributed by atoms with Crippen molar-refractivity contribution in [2.24, 2.45) is 5.92 Å². The van der Waals surface area contributed by atoms with Crippen molar-refractivity contribution >= 4 is 0 Å². The number of nitrogens with zero attached hydrogens (tertiary/aromatic N) is 1. The fraction of sp³-hybridized carbons (Fsp3) is 0.667. The SMILES string of the molecule is CCN(C(C)COC)C(CNCC(C)C)c1ccccc1. The molecule has 0 aliphatic heterocycles. The molecule has 0 radical (unpaired) electrons. The molecule has 2 unspecified atom stereocenters. The zero-order chi connectivity index (χ0) is 15.7. The highest BCUT2D eigenvalue weighted by atomic mass is 16.5. The van der Waals surface area contributed by atoms with E-state index in [0.717, 1.165) is 26.2 Å². The van der Waals surface area contributed by atoms with Gasteiger partial charge in [-0.15, -0.1) is 0 Å². The van der Waals surface area contributed by atoms with Crippen molar-refractivity contribution in [2.75, 3.05) is 33.4 Å². The molecule has 0 amide bonds. The van der Waals surface area contributed by atoms with Crippen LogP contribution in [0.3, 0.4) is 0 Å². The largest absolute Gasteiger partial charge is 0.383 e. The molecule has 0 aliphatic carbocycles. The molecule has 1 N–H and O–H groups in total. The third-order valence-electron chi connectivity index (χ3n) is 3.81. The average molecular weight is 292 g/mol. The summed E-state index contributed by atoms with van der Waals surface area (Å²) >= 11 is 0. The van der Waals surface area contributed by atoms with E-state index < -0.39 is 0 Å². The highest BCUT2D eigenvalue weighted by Crippen LogP contribution is 2.22. The topological polar surface area (TPSA) is 24.5 Å². The van der Waals surface area contributed by atoms with Gasteiger partial charge in [0.15, 0.2) is 0 Å². The van der Waals surface area contributed by atoms with Gasteiger partial charge in [-0.25, -0.2) is 0 Å². The Morgan fingerprint density at radius 3 is 2.29 bits per heavy atom. The molecule has 1 rings (SSSR count). The molecule has 1 aromatic rings. The minimum Gasteiger partial charge on any atom is -0.383 e. The number of likely N-dealkylation sites (N-methyl/N-ethyl adjacent to an activating group) is 1. The Morgan fingerprint density at radius 2 is 1.76 bits per heavy atom. The number of methoxy groups -OCH3 is 1. The van der Waals surface area contributed by atoms with Gasteiger partial charge in [0.1, 0.15) is 0 Å². The van der Waals surface area contributed by atoms with Crippen molar-refractivity contribution in [3.05, 3.63) is 35.9 Å². The predicted molar refractivity (Wildman–Crippen MR) is 90.6 cm³/mol. The summed E-state index contributed by atoms with van der Waals surface area (Å²) in [6, 6.07) is 11.6. The van der Waals surface area contributed by atoms with E-state index in [-0.39, 0.29) is 0 Å². The molecular weight excluding hydrogens is 260 g/mol. The van der Waals surface area contributed by atoms with Crippen LogP contribution in [0.1, 0.15) is 39.3 Å². The lowest BCUT2D eigenvalue weighted by molar-refractivity contribution is 0.0721. The molecule has 0 bridgehead atoms. The number of ether oxygens (including phenoxy) is 1. The van der Waals surface area contributed by atoms with Gasteiger partial charge in [-0.05, 0) is 31.5 Å². The van der Waals surface area contributed by atoms with Crippen molar-refractivity contribution in [3.8, 4) is 0 Å². The molecule has 3 nitrogen and oxygen atoms in total. The Kier molecular flexibility index (Phi) is 8.58. The van der Waals surface area contributed by atoms with E-state index in [9.17, 15) is 0 Å². The molecule has 1 aromatic carbocycles. The maximum absolute atomic E-state index is 5.35. The molecule has 3 heteroatoms. The summed E-state index contributed by atoms with van der Waals surface area (Å²) in [6.45, 7) is 12.8. The standard InChI is InChI=1S/C18H32N2O/c1-6-20(16(4)14-21-5)18(13-19-12-15(2)3)17-10-8-7-9-11-17/h7-11,15-16,18-19H,6,12-14H2,1-5H3. The summed E-state index contributed by atoms with van der Waals surface area (Å²) in [6.07, 6.45) is 0. The van der Waals surface area contributed by atoms with Crippen molar-refractivity contribution in [3.63, 3.8) is 0 Å². The third kappa shape index (κ3) is 6.16. The number of rotatable bonds is 10. The lowest BCUT2D eigenvalue weighted by Gasteiger charge is -2.36. The maximum atomic E-state index is 5.35. The van der Waals surface area contributed by atoms with Gasteiger partial charge in [0.05, 0.1) is 6.61 Å². The smallest absolute Gasteiger partial charge is 0.0615 e. The van der Waals surface area contributed by atoms with E-state index >= 15 is 0 Å². The van der Waals surface area contributed by atoms with Crippen molar-refractivity contribution in [1.82, 2.24) is 10.2 Å². The van der Waals surface area contributed by atoms with E-state index in [1.54, 1.807) is 7.11 Å². The van der Waals surface area contributed by atoms with Gasteiger partial charge in [-0.2, -0.15) is 0 Å². The van der Waals surface area contributed by atoms with Crippen LogP contribution in [0.4, 0.5) is 0 Å². The summed E-state index contributed by atoms with van der Waals surface area (Å²) in [5, 5.41) is 3.61. The van der Waals surface area contributed by atoms with Gasteiger partial charge >= 0.3 is 0 Å². The number of hydrogen-bond donors (Lipinski definition) is 1. The van der Waals surface area contributed by atoms with Gasteiger partial charge in [-0.1, -0.05) is 51.1 Å². The Balaban J connectivity index is 2.83. The first-order valence-electron chi connectivity index (χ1n) is 8.10. The minimum atomic E-state index is 0.389. The van der Waals surface area contributed by atoms with Crippen LogP contribution < -0.4 is 5.32 Å². The molecule has 0 aromatic heterocycles. The molecule has 0 saturated carbocycles. The lowest BCUT2D eigenvalue weighted by Crippen LogP contribution is -2.43. The monoisotopic (exact) mass is 292 g/mol. The summed E-state index contributed by atoms with van der Waals surface area (Å²) < 4.78 is 5.35. The van der Waals surface area contributed by atoms with Crippen LogP contribution in [0.2, 0.25) is 0 Å². The third-order valence-corrected chi connectivity index (χ3v) is 3.81. The lowest BCUT2D eigenvalue weighted by atomic mass is 10.0. The van der Waals surface area contributed by atoms with Crippen LogP contribution >= 0.6 is 0 Å². The Bertz CT molecular complexity index is 367. The molecule has 21 heavy (non-hydrogen) atoms. The zero-order valence-corrected chi connectivity index (χ0v) is 14.3. The van der Waals surface area contributed by atoms with Gasteiger partial charge in [0, 0.05) is 25.7 Å². The number of benzene rings is 1. The molecule has 0 aliphatic rings. The second kappa shape index (κ2) is 9.93. The quantitative estimate of drug-likeness (QED) is 0.716. The summed E-state index contributed by atoms with van der Waals surface area (Å²) in [4.78, 5) is 2.52. The van der Waals surface area contributed by atoms with Crippen LogP contribution in [-0.2, 0) is 4.74 Å². The van der Waals surface area contributed by atoms with E-state index in [0.29, 0.717) is 18.0 Å². The Labute approximate surface area is 130 Å². The normalized spacial score (nSPS) is 14.6. The maximum Gasteiger partial charge on any atom is 0.0615 e. The van der Waals surface area contributed by atoms with Gasteiger partial charge < -0.3 is 10.1 Å². The fourth-order valence-electron chi connectivity index (χ4n) is 2.79. The minimum absolute atomic E-state index is 0.389. The summed E-state index contributed by atoms with van der Waals surface area (Å²) in [7, 11) is 1.78. The highest BCUT2D eigenvalue weighted by Gasteiger charge is 2.23. The van der Waals surface area contributed by atoms with Crippen molar-refractivity contribution in [2.45, 2.75) is 39.8 Å². The van der Waals surface area contributed by atoms with Crippen LogP contribution in [-0.4, -0.2) is 44.3 Å². The van der Waals surface area contributed by atoms with Gasteiger partial charge in [-0.3, -0.25) is 4.90 Å².